The Morgan fingerprint density at radius 2 is 2.04 bits per heavy atom. The van der Waals surface area contributed by atoms with E-state index in [4.69, 9.17) is 14.3 Å². The average Bonchev–Trinajstić information content (AvgIpc) is 3.22. The second-order valence-corrected chi connectivity index (χ2v) is 6.48. The number of likely N-dealkylation sites (N-methyl/N-ethyl adjacent to an activating group) is 1. The van der Waals surface area contributed by atoms with Crippen molar-refractivity contribution >= 4 is 11.6 Å². The lowest BCUT2D eigenvalue weighted by Crippen LogP contribution is -2.27. The summed E-state index contributed by atoms with van der Waals surface area (Å²) in [6.07, 6.45) is 6.63. The van der Waals surface area contributed by atoms with E-state index in [1.807, 2.05) is 18.2 Å². The molecule has 0 saturated heterocycles. The Morgan fingerprint density at radius 1 is 1.29 bits per heavy atom. The number of benzene rings is 1. The molecule has 0 radical (unpaired) electrons. The molecule has 0 atom stereocenters. The van der Waals surface area contributed by atoms with Crippen molar-refractivity contribution in [3.05, 3.63) is 29.8 Å². The lowest BCUT2D eigenvalue weighted by atomic mass is 10.00. The Kier molecular flexibility index (Phi) is 4.66. The van der Waals surface area contributed by atoms with E-state index in [-0.39, 0.29) is 18.1 Å². The zero-order chi connectivity index (χ0) is 17.2. The van der Waals surface area contributed by atoms with Crippen molar-refractivity contribution in [3.8, 4) is 11.5 Å². The van der Waals surface area contributed by atoms with Crippen molar-refractivity contribution in [1.82, 2.24) is 10.4 Å². The molecule has 0 bridgehead atoms. The molecule has 1 aliphatic heterocycles. The van der Waals surface area contributed by atoms with Crippen LogP contribution in [0.1, 0.15) is 31.2 Å². The molecule has 1 N–H and O–H groups in total. The minimum Gasteiger partial charge on any atom is -0.493 e. The maximum absolute atomic E-state index is 11.7. The average molecular weight is 332 g/mol. The first-order valence-corrected chi connectivity index (χ1v) is 8.21. The maximum atomic E-state index is 11.7. The summed E-state index contributed by atoms with van der Waals surface area (Å²) in [5.41, 5.74) is 4.76. The molecule has 1 amide bonds. The first kappa shape index (κ1) is 16.6. The number of hydroxylamine groups is 1. The van der Waals surface area contributed by atoms with E-state index in [1.54, 1.807) is 21.2 Å². The number of carbonyl (C=O) groups is 1. The van der Waals surface area contributed by atoms with Crippen LogP contribution in [0.25, 0.3) is 5.70 Å². The Balaban J connectivity index is 1.80. The van der Waals surface area contributed by atoms with Crippen LogP contribution < -0.4 is 15.0 Å². The molecule has 24 heavy (non-hydrogen) atoms. The predicted molar refractivity (Wildman–Crippen MR) is 90.6 cm³/mol. The molecule has 1 heterocycles. The summed E-state index contributed by atoms with van der Waals surface area (Å²) < 4.78 is 11.0. The highest BCUT2D eigenvalue weighted by Gasteiger charge is 2.38. The fourth-order valence-electron chi connectivity index (χ4n) is 3.07. The quantitative estimate of drug-likeness (QED) is 0.897. The van der Waals surface area contributed by atoms with Crippen molar-refractivity contribution in [1.29, 1.82) is 0 Å². The second-order valence-electron chi connectivity index (χ2n) is 6.48. The highest BCUT2D eigenvalue weighted by atomic mass is 16.7. The first-order valence-electron chi connectivity index (χ1n) is 8.21. The standard InChI is InChI=1S/C18H24N2O4/c1-20(2)17(21)12-23-16-10-13(6-7-15(16)22-3)14-11-18(24-19-14)8-4-5-9-18/h6-7,10-11,19H,4-5,8-9,12H2,1-3H3. The molecule has 1 fully saturated rings. The van der Waals surface area contributed by atoms with Gasteiger partial charge < -0.3 is 14.4 Å². The van der Waals surface area contributed by atoms with Gasteiger partial charge in [0.1, 0.15) is 5.60 Å². The van der Waals surface area contributed by atoms with Crippen LogP contribution in [0.5, 0.6) is 11.5 Å². The number of ether oxygens (including phenoxy) is 2. The fourth-order valence-corrected chi connectivity index (χ4v) is 3.07. The molecule has 1 aromatic rings. The van der Waals surface area contributed by atoms with E-state index in [1.165, 1.54) is 17.7 Å². The van der Waals surface area contributed by atoms with E-state index >= 15 is 0 Å². The highest BCUT2D eigenvalue weighted by Crippen LogP contribution is 2.40. The third-order valence-electron chi connectivity index (χ3n) is 4.55. The van der Waals surface area contributed by atoms with Gasteiger partial charge in [-0.05, 0) is 37.1 Å². The number of hydrogen-bond acceptors (Lipinski definition) is 5. The zero-order valence-electron chi connectivity index (χ0n) is 14.4. The smallest absolute Gasteiger partial charge is 0.259 e. The molecule has 3 rings (SSSR count). The minimum absolute atomic E-state index is 0.0280. The predicted octanol–water partition coefficient (Wildman–Crippen LogP) is 2.35. The van der Waals surface area contributed by atoms with Crippen LogP contribution in [0.3, 0.4) is 0 Å². The number of nitrogens with zero attached hydrogens (tertiary/aromatic N) is 1. The van der Waals surface area contributed by atoms with Gasteiger partial charge in [-0.1, -0.05) is 12.8 Å². The van der Waals surface area contributed by atoms with Crippen LogP contribution in [-0.2, 0) is 9.63 Å². The van der Waals surface area contributed by atoms with Crippen molar-refractivity contribution in [2.75, 3.05) is 27.8 Å². The third-order valence-corrected chi connectivity index (χ3v) is 4.55. The summed E-state index contributed by atoms with van der Waals surface area (Å²) in [4.78, 5) is 19.1. The SMILES string of the molecule is COc1ccc(C2=CC3(CCCC3)ON2)cc1OCC(=O)N(C)C. The van der Waals surface area contributed by atoms with Gasteiger partial charge in [0.05, 0.1) is 12.8 Å². The van der Waals surface area contributed by atoms with Gasteiger partial charge >= 0.3 is 0 Å². The summed E-state index contributed by atoms with van der Waals surface area (Å²) in [6, 6.07) is 5.67. The number of rotatable bonds is 5. The normalized spacial score (nSPS) is 18.2. The van der Waals surface area contributed by atoms with Gasteiger partial charge in [-0.2, -0.15) is 0 Å². The topological polar surface area (TPSA) is 60.0 Å². The number of amides is 1. The Morgan fingerprint density at radius 3 is 2.71 bits per heavy atom. The van der Waals surface area contributed by atoms with Gasteiger partial charge in [0, 0.05) is 19.7 Å². The van der Waals surface area contributed by atoms with Crippen LogP contribution in [0, 0.1) is 0 Å². The van der Waals surface area contributed by atoms with Crippen LogP contribution in [0.2, 0.25) is 0 Å². The Hall–Kier alpha value is -2.21. The summed E-state index contributed by atoms with van der Waals surface area (Å²) in [5, 5.41) is 0. The molecule has 1 aromatic carbocycles. The minimum atomic E-state index is -0.169. The summed E-state index contributed by atoms with van der Waals surface area (Å²) in [6.45, 7) is -0.0280. The molecule has 130 valence electrons. The second kappa shape index (κ2) is 6.73. The van der Waals surface area contributed by atoms with Gasteiger partial charge in [-0.3, -0.25) is 15.1 Å². The van der Waals surface area contributed by atoms with E-state index in [9.17, 15) is 4.79 Å². The van der Waals surface area contributed by atoms with Gasteiger partial charge in [0.2, 0.25) is 0 Å². The van der Waals surface area contributed by atoms with Gasteiger partial charge in [0.25, 0.3) is 5.91 Å². The van der Waals surface area contributed by atoms with Crippen LogP contribution in [0.4, 0.5) is 0 Å². The lowest BCUT2D eigenvalue weighted by molar-refractivity contribution is -0.130. The summed E-state index contributed by atoms with van der Waals surface area (Å²) >= 11 is 0. The number of carbonyl (C=O) groups excluding carboxylic acids is 1. The maximum Gasteiger partial charge on any atom is 0.259 e. The largest absolute Gasteiger partial charge is 0.493 e. The summed E-state index contributed by atoms with van der Waals surface area (Å²) in [7, 11) is 4.98. The number of hydrogen-bond donors (Lipinski definition) is 1. The van der Waals surface area contributed by atoms with Crippen LogP contribution in [0.15, 0.2) is 24.3 Å². The first-order chi connectivity index (χ1) is 11.5. The molecule has 0 aromatic heterocycles. The third kappa shape index (κ3) is 3.33. The number of nitrogens with one attached hydrogen (secondary N) is 1. The fraction of sp³-hybridized carbons (Fsp3) is 0.500. The molecular weight excluding hydrogens is 308 g/mol. The molecule has 6 heteroatoms. The molecule has 1 spiro atoms. The van der Waals surface area contributed by atoms with E-state index in [0.29, 0.717) is 11.5 Å². The molecule has 0 unspecified atom stereocenters. The number of methoxy groups -OCH3 is 1. The van der Waals surface area contributed by atoms with Crippen molar-refractivity contribution in [3.63, 3.8) is 0 Å². The molecular formula is C18H24N2O4. The van der Waals surface area contributed by atoms with Crippen LogP contribution >= 0.6 is 0 Å². The van der Waals surface area contributed by atoms with Crippen molar-refractivity contribution in [2.24, 2.45) is 0 Å². The molecule has 1 saturated carbocycles. The highest BCUT2D eigenvalue weighted by molar-refractivity contribution is 5.77. The Bertz CT molecular complexity index is 648. The van der Waals surface area contributed by atoms with Crippen molar-refractivity contribution < 1.29 is 19.1 Å². The molecule has 2 aliphatic rings. The Labute approximate surface area is 142 Å². The zero-order valence-corrected chi connectivity index (χ0v) is 14.4. The van der Waals surface area contributed by atoms with E-state index < -0.39 is 0 Å². The monoisotopic (exact) mass is 332 g/mol. The van der Waals surface area contributed by atoms with E-state index in [2.05, 4.69) is 11.6 Å². The molecule has 6 nitrogen and oxygen atoms in total. The van der Waals surface area contributed by atoms with Gasteiger partial charge in [0.15, 0.2) is 18.1 Å². The lowest BCUT2D eigenvalue weighted by Gasteiger charge is -2.17. The van der Waals surface area contributed by atoms with Crippen molar-refractivity contribution in [2.45, 2.75) is 31.3 Å². The molecule has 1 aliphatic carbocycles. The van der Waals surface area contributed by atoms with Gasteiger partial charge in [-0.15, -0.1) is 0 Å². The van der Waals surface area contributed by atoms with Gasteiger partial charge in [-0.25, -0.2) is 0 Å². The summed E-state index contributed by atoms with van der Waals surface area (Å²) in [5.74, 6) is 1.04. The van der Waals surface area contributed by atoms with E-state index in [0.717, 1.165) is 24.1 Å². The van der Waals surface area contributed by atoms with Crippen LogP contribution in [-0.4, -0.2) is 44.2 Å².